The number of aliphatic hydroxyl groups is 1. The Hall–Kier alpha value is -4.23. The fraction of sp³-hybridized carbons (Fsp3) is 0.207. The maximum atomic E-state index is 13.3. The molecule has 0 radical (unpaired) electrons. The lowest BCUT2D eigenvalue weighted by Crippen LogP contribution is -2.51. The quantitative estimate of drug-likeness (QED) is 0.338. The molecule has 0 aliphatic carbocycles. The zero-order valence-corrected chi connectivity index (χ0v) is 19.9. The molecule has 0 saturated heterocycles. The molecule has 1 heterocycles. The predicted molar refractivity (Wildman–Crippen MR) is 138 cm³/mol. The number of aliphatic hydroxyl groups excluding tert-OH is 1. The number of para-hydroxylation sites is 1. The highest BCUT2D eigenvalue weighted by atomic mass is 16.3. The second-order valence-electron chi connectivity index (χ2n) is 8.51. The average molecular weight is 485 g/mol. The Morgan fingerprint density at radius 3 is 2.17 bits per heavy atom. The molecular weight excluding hydrogens is 456 g/mol. The summed E-state index contributed by atoms with van der Waals surface area (Å²) in [6, 6.07) is 24.3. The van der Waals surface area contributed by atoms with E-state index in [4.69, 9.17) is 4.42 Å². The maximum Gasteiger partial charge on any atom is 0.287 e. The zero-order valence-electron chi connectivity index (χ0n) is 19.9. The minimum atomic E-state index is -1.53. The number of hydrogen-bond donors (Lipinski definition) is 3. The van der Waals surface area contributed by atoms with Gasteiger partial charge < -0.3 is 20.2 Å². The molecule has 0 unspecified atom stereocenters. The molecule has 4 rings (SSSR count). The van der Waals surface area contributed by atoms with Gasteiger partial charge in [-0.05, 0) is 36.1 Å². The zero-order chi connectivity index (χ0) is 25.5. The molecule has 3 N–H and O–H groups in total. The van der Waals surface area contributed by atoms with E-state index in [0.717, 1.165) is 11.1 Å². The van der Waals surface area contributed by atoms with Crippen molar-refractivity contribution in [3.63, 3.8) is 0 Å². The van der Waals surface area contributed by atoms with E-state index in [2.05, 4.69) is 10.6 Å². The van der Waals surface area contributed by atoms with Gasteiger partial charge in [-0.15, -0.1) is 0 Å². The van der Waals surface area contributed by atoms with Crippen molar-refractivity contribution in [2.45, 2.75) is 38.5 Å². The first-order valence-electron chi connectivity index (χ1n) is 11.9. The fourth-order valence-electron chi connectivity index (χ4n) is 4.10. The molecule has 2 atom stereocenters. The average Bonchev–Trinajstić information content (AvgIpc) is 2.92. The van der Waals surface area contributed by atoms with Crippen LogP contribution < -0.4 is 16.1 Å². The molecule has 2 amide bonds. The van der Waals surface area contributed by atoms with Gasteiger partial charge in [0.05, 0.1) is 11.4 Å². The SMILES string of the molecule is CCc1c(C(=O)N[C@@H](Cc2ccccc2)[C@@H](O)C(=O)NCc2ccccc2)oc2ccccc2c1=O. The van der Waals surface area contributed by atoms with Crippen LogP contribution in [0.25, 0.3) is 11.0 Å². The maximum absolute atomic E-state index is 13.3. The van der Waals surface area contributed by atoms with Gasteiger partial charge in [0, 0.05) is 12.1 Å². The highest BCUT2D eigenvalue weighted by Gasteiger charge is 2.30. The van der Waals surface area contributed by atoms with E-state index < -0.39 is 24.0 Å². The van der Waals surface area contributed by atoms with Crippen LogP contribution in [0.1, 0.15) is 34.2 Å². The van der Waals surface area contributed by atoms with Crippen molar-refractivity contribution in [1.82, 2.24) is 10.6 Å². The summed E-state index contributed by atoms with van der Waals surface area (Å²) in [7, 11) is 0. The molecule has 0 spiro atoms. The smallest absolute Gasteiger partial charge is 0.287 e. The molecule has 184 valence electrons. The summed E-state index contributed by atoms with van der Waals surface area (Å²) in [5.74, 6) is -1.39. The molecule has 0 saturated carbocycles. The Morgan fingerprint density at radius 2 is 1.50 bits per heavy atom. The Bertz CT molecular complexity index is 1400. The van der Waals surface area contributed by atoms with Gasteiger partial charge >= 0.3 is 0 Å². The molecular formula is C29H28N2O5. The first kappa shape index (κ1) is 24.9. The second kappa shape index (κ2) is 11.5. The van der Waals surface area contributed by atoms with Crippen LogP contribution in [0.2, 0.25) is 0 Å². The number of nitrogens with one attached hydrogen (secondary N) is 2. The summed E-state index contributed by atoms with van der Waals surface area (Å²) in [5, 5.41) is 16.8. The second-order valence-corrected chi connectivity index (χ2v) is 8.51. The molecule has 0 aliphatic rings. The molecule has 0 aliphatic heterocycles. The molecule has 1 aromatic heterocycles. The number of fused-ring (bicyclic) bond motifs is 1. The van der Waals surface area contributed by atoms with Gasteiger partial charge in [0.1, 0.15) is 5.58 Å². The van der Waals surface area contributed by atoms with Gasteiger partial charge in [-0.3, -0.25) is 14.4 Å². The van der Waals surface area contributed by atoms with Crippen molar-refractivity contribution in [3.8, 4) is 0 Å². The van der Waals surface area contributed by atoms with E-state index in [-0.39, 0.29) is 29.7 Å². The minimum Gasteiger partial charge on any atom is -0.450 e. The monoisotopic (exact) mass is 484 g/mol. The van der Waals surface area contributed by atoms with Crippen molar-refractivity contribution in [2.24, 2.45) is 0 Å². The van der Waals surface area contributed by atoms with Crippen molar-refractivity contribution in [1.29, 1.82) is 0 Å². The molecule has 0 fully saturated rings. The van der Waals surface area contributed by atoms with E-state index >= 15 is 0 Å². The molecule has 36 heavy (non-hydrogen) atoms. The van der Waals surface area contributed by atoms with Crippen LogP contribution in [0, 0.1) is 0 Å². The van der Waals surface area contributed by atoms with Gasteiger partial charge in [0.15, 0.2) is 17.3 Å². The highest BCUT2D eigenvalue weighted by molar-refractivity contribution is 5.95. The van der Waals surface area contributed by atoms with Crippen LogP contribution in [0.15, 0.2) is 94.1 Å². The fourth-order valence-corrected chi connectivity index (χ4v) is 4.10. The van der Waals surface area contributed by atoms with Crippen LogP contribution in [0.3, 0.4) is 0 Å². The van der Waals surface area contributed by atoms with E-state index in [1.54, 1.807) is 31.2 Å². The molecule has 7 nitrogen and oxygen atoms in total. The Kier molecular flexibility index (Phi) is 7.92. The summed E-state index contributed by atoms with van der Waals surface area (Å²) in [6.45, 7) is 2.01. The summed E-state index contributed by atoms with van der Waals surface area (Å²) in [6.07, 6.45) is -1.04. The summed E-state index contributed by atoms with van der Waals surface area (Å²) in [4.78, 5) is 39.1. The van der Waals surface area contributed by atoms with Gasteiger partial charge in [-0.25, -0.2) is 0 Å². The molecule has 7 heteroatoms. The van der Waals surface area contributed by atoms with Crippen molar-refractivity contribution < 1.29 is 19.1 Å². The lowest BCUT2D eigenvalue weighted by molar-refractivity contribution is -0.130. The van der Waals surface area contributed by atoms with Crippen LogP contribution in [0.4, 0.5) is 0 Å². The number of rotatable bonds is 9. The normalized spacial score (nSPS) is 12.6. The van der Waals surface area contributed by atoms with Gasteiger partial charge in [-0.2, -0.15) is 0 Å². The number of hydrogen-bond acceptors (Lipinski definition) is 5. The first-order chi connectivity index (χ1) is 17.5. The number of benzene rings is 3. The van der Waals surface area contributed by atoms with E-state index in [1.165, 1.54) is 0 Å². The Labute approximate surface area is 208 Å². The molecule has 4 aromatic rings. The lowest BCUT2D eigenvalue weighted by Gasteiger charge is -2.24. The van der Waals surface area contributed by atoms with Crippen LogP contribution in [0.5, 0.6) is 0 Å². The van der Waals surface area contributed by atoms with E-state index in [0.29, 0.717) is 17.4 Å². The number of carbonyl (C=O) groups excluding carboxylic acids is 2. The van der Waals surface area contributed by atoms with Gasteiger partial charge in [-0.1, -0.05) is 79.7 Å². The van der Waals surface area contributed by atoms with Crippen LogP contribution in [-0.4, -0.2) is 29.1 Å². The first-order valence-corrected chi connectivity index (χ1v) is 11.9. The summed E-state index contributed by atoms with van der Waals surface area (Å²) < 4.78 is 5.83. The largest absolute Gasteiger partial charge is 0.450 e. The van der Waals surface area contributed by atoms with E-state index in [1.807, 2.05) is 60.7 Å². The van der Waals surface area contributed by atoms with Crippen molar-refractivity contribution >= 4 is 22.8 Å². The van der Waals surface area contributed by atoms with E-state index in [9.17, 15) is 19.5 Å². The molecule has 0 bridgehead atoms. The third-order valence-corrected chi connectivity index (χ3v) is 6.03. The third-order valence-electron chi connectivity index (χ3n) is 6.03. The Morgan fingerprint density at radius 1 is 0.889 bits per heavy atom. The number of carbonyl (C=O) groups is 2. The topological polar surface area (TPSA) is 109 Å². The Balaban J connectivity index is 1.59. The van der Waals surface area contributed by atoms with Crippen molar-refractivity contribution in [2.75, 3.05) is 0 Å². The van der Waals surface area contributed by atoms with Crippen LogP contribution >= 0.6 is 0 Å². The minimum absolute atomic E-state index is 0.115. The summed E-state index contributed by atoms with van der Waals surface area (Å²) >= 11 is 0. The van der Waals surface area contributed by atoms with Gasteiger partial charge in [0.25, 0.3) is 11.8 Å². The van der Waals surface area contributed by atoms with Gasteiger partial charge in [0.2, 0.25) is 0 Å². The summed E-state index contributed by atoms with van der Waals surface area (Å²) in [5.41, 5.74) is 1.98. The predicted octanol–water partition coefficient (Wildman–Crippen LogP) is 3.37. The number of amides is 2. The van der Waals surface area contributed by atoms with Crippen molar-refractivity contribution in [3.05, 3.63) is 118 Å². The lowest BCUT2D eigenvalue weighted by atomic mass is 9.99. The van der Waals surface area contributed by atoms with Crippen LogP contribution in [-0.2, 0) is 24.2 Å². The highest BCUT2D eigenvalue weighted by Crippen LogP contribution is 2.17. The molecule has 3 aromatic carbocycles. The third kappa shape index (κ3) is 5.70. The standard InChI is InChI=1S/C29H28N2O5/c1-2-21-25(32)22-15-9-10-16-24(22)36-27(21)29(35)31-23(17-19-11-5-3-6-12-19)26(33)28(34)30-18-20-13-7-4-8-14-20/h3-16,23,26,33H,2,17-18H2,1H3,(H,30,34)(H,31,35)/t23-,26+/m0/s1.